The molecule has 0 saturated heterocycles. The first-order chi connectivity index (χ1) is 12.6. The Morgan fingerprint density at radius 2 is 1.67 bits per heavy atom. The molecule has 0 fully saturated rings. The van der Waals surface area contributed by atoms with Gasteiger partial charge in [-0.05, 0) is 37.0 Å². The number of hydrogen-bond acceptors (Lipinski definition) is 4. The van der Waals surface area contributed by atoms with Crippen LogP contribution in [-0.4, -0.2) is 53.5 Å². The Balaban J connectivity index is 2.67. The van der Waals surface area contributed by atoms with E-state index in [0.717, 1.165) is 12.1 Å². The van der Waals surface area contributed by atoms with Gasteiger partial charge in [0.05, 0.1) is 18.2 Å². The molecule has 0 heterocycles. The summed E-state index contributed by atoms with van der Waals surface area (Å²) in [6.07, 6.45) is -2.70. The molecular weight excluding hydrogens is 360 g/mol. The Morgan fingerprint density at radius 3 is 2.19 bits per heavy atom. The second-order valence-electron chi connectivity index (χ2n) is 6.87. The number of carboxylic acid groups (broad SMARTS) is 1. The highest BCUT2D eigenvalue weighted by molar-refractivity contribution is 5.81. The maximum atomic E-state index is 13.3. The standard InChI is InChI=1S/C18H27F2N3O4/c1-10(2)8-22-17(25)11(3)21-9-16(24)15(23-18(26)27)6-12-4-13(19)7-14(20)5-12/h4-5,7,10-11,15-16,21,23-24H,6,8-9H2,1-3H3,(H,22,25)(H,26,27)/t11?,15-,16-/m0/s1. The van der Waals surface area contributed by atoms with E-state index in [-0.39, 0.29) is 24.4 Å². The molecule has 152 valence electrons. The van der Waals surface area contributed by atoms with Gasteiger partial charge >= 0.3 is 6.09 Å². The van der Waals surface area contributed by atoms with Crippen molar-refractivity contribution in [3.63, 3.8) is 0 Å². The zero-order chi connectivity index (χ0) is 20.6. The minimum atomic E-state index is -1.38. The molecule has 9 heteroatoms. The minimum Gasteiger partial charge on any atom is -0.465 e. The van der Waals surface area contributed by atoms with E-state index in [1.165, 1.54) is 0 Å². The molecule has 0 aliphatic carbocycles. The second-order valence-corrected chi connectivity index (χ2v) is 6.87. The van der Waals surface area contributed by atoms with Gasteiger partial charge in [0, 0.05) is 19.2 Å². The lowest BCUT2D eigenvalue weighted by Crippen LogP contribution is -2.51. The van der Waals surface area contributed by atoms with Gasteiger partial charge < -0.3 is 26.2 Å². The molecule has 27 heavy (non-hydrogen) atoms. The summed E-state index contributed by atoms with van der Waals surface area (Å²) in [6.45, 7) is 5.96. The first-order valence-electron chi connectivity index (χ1n) is 8.72. The molecule has 0 saturated carbocycles. The second kappa shape index (κ2) is 10.8. The van der Waals surface area contributed by atoms with Gasteiger partial charge in [0.25, 0.3) is 0 Å². The third-order valence-corrected chi connectivity index (χ3v) is 3.86. The van der Waals surface area contributed by atoms with Crippen LogP contribution in [-0.2, 0) is 11.2 Å². The molecule has 3 atom stereocenters. The van der Waals surface area contributed by atoms with Gasteiger partial charge in [0.1, 0.15) is 11.6 Å². The van der Waals surface area contributed by atoms with Crippen LogP contribution >= 0.6 is 0 Å². The first kappa shape index (κ1) is 22.8. The number of benzene rings is 1. The maximum Gasteiger partial charge on any atom is 0.404 e. The lowest BCUT2D eigenvalue weighted by atomic mass is 10.0. The highest BCUT2D eigenvalue weighted by Gasteiger charge is 2.23. The van der Waals surface area contributed by atoms with E-state index in [2.05, 4.69) is 16.0 Å². The van der Waals surface area contributed by atoms with Gasteiger partial charge in [-0.1, -0.05) is 13.8 Å². The molecule has 1 rings (SSSR count). The summed E-state index contributed by atoms with van der Waals surface area (Å²) in [5.74, 6) is -1.53. The fourth-order valence-corrected chi connectivity index (χ4v) is 2.41. The molecule has 1 aromatic carbocycles. The summed E-state index contributed by atoms with van der Waals surface area (Å²) in [5, 5.41) is 27.0. The SMILES string of the molecule is CC(C)CNC(=O)C(C)NC[C@H](O)[C@H](Cc1cc(F)cc(F)c1)NC(=O)O. The number of aliphatic hydroxyl groups excluding tert-OH is 1. The number of rotatable bonds is 10. The van der Waals surface area contributed by atoms with Crippen LogP contribution in [0.3, 0.4) is 0 Å². The number of hydrogen-bond donors (Lipinski definition) is 5. The molecule has 0 spiro atoms. The Labute approximate surface area is 157 Å². The summed E-state index contributed by atoms with van der Waals surface area (Å²) >= 11 is 0. The predicted octanol–water partition coefficient (Wildman–Crippen LogP) is 1.25. The van der Waals surface area contributed by atoms with Gasteiger partial charge in [-0.2, -0.15) is 0 Å². The molecule has 5 N–H and O–H groups in total. The van der Waals surface area contributed by atoms with Gasteiger partial charge in [-0.3, -0.25) is 4.79 Å². The third-order valence-electron chi connectivity index (χ3n) is 3.86. The van der Waals surface area contributed by atoms with Crippen LogP contribution in [0.25, 0.3) is 0 Å². The van der Waals surface area contributed by atoms with Crippen LogP contribution in [0.2, 0.25) is 0 Å². The number of halogens is 2. The van der Waals surface area contributed by atoms with Crippen molar-refractivity contribution in [1.29, 1.82) is 0 Å². The Morgan fingerprint density at radius 1 is 1.07 bits per heavy atom. The highest BCUT2D eigenvalue weighted by Crippen LogP contribution is 2.12. The van der Waals surface area contributed by atoms with E-state index in [4.69, 9.17) is 5.11 Å². The van der Waals surface area contributed by atoms with Crippen LogP contribution in [0.1, 0.15) is 26.3 Å². The molecule has 7 nitrogen and oxygen atoms in total. The maximum absolute atomic E-state index is 13.3. The van der Waals surface area contributed by atoms with Gasteiger partial charge in [-0.25, -0.2) is 13.6 Å². The van der Waals surface area contributed by atoms with Crippen LogP contribution in [0.5, 0.6) is 0 Å². The van der Waals surface area contributed by atoms with Crippen molar-refractivity contribution >= 4 is 12.0 Å². The van der Waals surface area contributed by atoms with Crippen molar-refractivity contribution in [3.05, 3.63) is 35.4 Å². The van der Waals surface area contributed by atoms with E-state index >= 15 is 0 Å². The van der Waals surface area contributed by atoms with Crippen molar-refractivity contribution in [3.8, 4) is 0 Å². The zero-order valence-electron chi connectivity index (χ0n) is 15.6. The van der Waals surface area contributed by atoms with Gasteiger partial charge in [-0.15, -0.1) is 0 Å². The monoisotopic (exact) mass is 387 g/mol. The Bertz CT molecular complexity index is 623. The lowest BCUT2D eigenvalue weighted by Gasteiger charge is -2.25. The molecule has 1 unspecified atom stereocenters. The summed E-state index contributed by atoms with van der Waals surface area (Å²) in [6, 6.07) is 1.24. The number of amides is 2. The summed E-state index contributed by atoms with van der Waals surface area (Å²) in [5.41, 5.74) is 0.202. The molecule has 0 aromatic heterocycles. The van der Waals surface area contributed by atoms with E-state index in [1.807, 2.05) is 13.8 Å². The fourth-order valence-electron chi connectivity index (χ4n) is 2.41. The molecular formula is C18H27F2N3O4. The molecule has 0 aliphatic heterocycles. The van der Waals surface area contributed by atoms with E-state index in [0.29, 0.717) is 18.5 Å². The summed E-state index contributed by atoms with van der Waals surface area (Å²) in [7, 11) is 0. The number of nitrogens with one attached hydrogen (secondary N) is 3. The molecule has 0 bridgehead atoms. The van der Waals surface area contributed by atoms with E-state index < -0.39 is 35.9 Å². The van der Waals surface area contributed by atoms with Crippen molar-refractivity contribution in [2.75, 3.05) is 13.1 Å². The van der Waals surface area contributed by atoms with Crippen LogP contribution < -0.4 is 16.0 Å². The van der Waals surface area contributed by atoms with Crippen molar-refractivity contribution in [2.24, 2.45) is 5.92 Å². The number of aliphatic hydroxyl groups is 1. The van der Waals surface area contributed by atoms with Crippen LogP contribution in [0.4, 0.5) is 13.6 Å². The third kappa shape index (κ3) is 8.78. The van der Waals surface area contributed by atoms with Gasteiger partial charge in [0.2, 0.25) is 5.91 Å². The summed E-state index contributed by atoms with van der Waals surface area (Å²) < 4.78 is 26.6. The van der Waals surface area contributed by atoms with Crippen LogP contribution in [0, 0.1) is 17.6 Å². The Hall–Kier alpha value is -2.26. The molecule has 0 aliphatic rings. The number of carbonyl (C=O) groups excluding carboxylic acids is 1. The average molecular weight is 387 g/mol. The fraction of sp³-hybridized carbons (Fsp3) is 0.556. The van der Waals surface area contributed by atoms with E-state index in [9.17, 15) is 23.5 Å². The summed E-state index contributed by atoms with van der Waals surface area (Å²) in [4.78, 5) is 22.9. The smallest absolute Gasteiger partial charge is 0.404 e. The normalized spacial score (nSPS) is 14.5. The van der Waals surface area contributed by atoms with Crippen molar-refractivity contribution in [2.45, 2.75) is 45.4 Å². The first-order valence-corrected chi connectivity index (χ1v) is 8.72. The van der Waals surface area contributed by atoms with Gasteiger partial charge in [0.15, 0.2) is 0 Å². The Kier molecular flexibility index (Phi) is 9.10. The molecule has 2 amide bonds. The minimum absolute atomic E-state index is 0.0843. The molecule has 1 aromatic rings. The van der Waals surface area contributed by atoms with E-state index in [1.54, 1.807) is 6.92 Å². The molecule has 0 radical (unpaired) electrons. The topological polar surface area (TPSA) is 111 Å². The highest BCUT2D eigenvalue weighted by atomic mass is 19.1. The zero-order valence-corrected chi connectivity index (χ0v) is 15.6. The van der Waals surface area contributed by atoms with Crippen molar-refractivity contribution in [1.82, 2.24) is 16.0 Å². The number of carbonyl (C=O) groups is 2. The largest absolute Gasteiger partial charge is 0.465 e. The van der Waals surface area contributed by atoms with Crippen LogP contribution in [0.15, 0.2) is 18.2 Å². The quantitative estimate of drug-likeness (QED) is 0.415. The van der Waals surface area contributed by atoms with Crippen molar-refractivity contribution < 1.29 is 28.6 Å². The predicted molar refractivity (Wildman–Crippen MR) is 96.3 cm³/mol. The lowest BCUT2D eigenvalue weighted by molar-refractivity contribution is -0.123. The average Bonchev–Trinajstić information content (AvgIpc) is 2.55.